The molecule has 0 aliphatic carbocycles. The van der Waals surface area contributed by atoms with Crippen LogP contribution in [0.3, 0.4) is 0 Å². The van der Waals surface area contributed by atoms with E-state index in [1.807, 2.05) is 6.92 Å². The van der Waals surface area contributed by atoms with Gasteiger partial charge in [-0.15, -0.1) is 0 Å². The van der Waals surface area contributed by atoms with Gasteiger partial charge in [-0.1, -0.05) is 0 Å². The first-order chi connectivity index (χ1) is 11.2. The number of nitrogens with one attached hydrogen (secondary N) is 1. The molecule has 5 nitrogen and oxygen atoms in total. The fraction of sp³-hybridized carbons (Fsp3) is 0.111. The predicted molar refractivity (Wildman–Crippen MR) is 86.9 cm³/mol. The van der Waals surface area contributed by atoms with Gasteiger partial charge in [0.2, 0.25) is 0 Å². The van der Waals surface area contributed by atoms with Gasteiger partial charge in [-0.3, -0.25) is 9.59 Å². The fourth-order valence-corrected chi connectivity index (χ4v) is 2.19. The Morgan fingerprint density at radius 3 is 2.74 bits per heavy atom. The molecule has 0 aliphatic heterocycles. The number of hydrogen-bond acceptors (Lipinski definition) is 4. The maximum Gasteiger partial charge on any atom is 0.255 e. The van der Waals surface area contributed by atoms with E-state index in [1.54, 1.807) is 42.5 Å². The molecule has 115 valence electrons. The third-order valence-electron chi connectivity index (χ3n) is 3.29. The Morgan fingerprint density at radius 1 is 1.22 bits per heavy atom. The lowest BCUT2D eigenvalue weighted by Crippen LogP contribution is -2.12. The van der Waals surface area contributed by atoms with E-state index in [9.17, 15) is 9.59 Å². The minimum atomic E-state index is -0.265. The third-order valence-corrected chi connectivity index (χ3v) is 3.29. The molecule has 0 fully saturated rings. The van der Waals surface area contributed by atoms with Gasteiger partial charge >= 0.3 is 0 Å². The van der Waals surface area contributed by atoms with Crippen LogP contribution in [0.15, 0.2) is 57.7 Å². The molecular formula is C18H14NO4. The zero-order valence-electron chi connectivity index (χ0n) is 12.5. The zero-order valence-corrected chi connectivity index (χ0v) is 12.5. The predicted octanol–water partition coefficient (Wildman–Crippen LogP) is 3.24. The van der Waals surface area contributed by atoms with E-state index in [-0.39, 0.29) is 11.3 Å². The molecule has 0 saturated heterocycles. The van der Waals surface area contributed by atoms with Crippen molar-refractivity contribution in [1.29, 1.82) is 0 Å². The van der Waals surface area contributed by atoms with Crippen LogP contribution in [-0.2, 0) is 0 Å². The van der Waals surface area contributed by atoms with Crippen LogP contribution < -0.4 is 15.5 Å². The number of benzene rings is 2. The van der Waals surface area contributed by atoms with Gasteiger partial charge in [0.25, 0.3) is 5.91 Å². The number of fused-ring (bicyclic) bond motifs is 1. The second kappa shape index (κ2) is 6.36. The Morgan fingerprint density at radius 2 is 2.00 bits per heavy atom. The van der Waals surface area contributed by atoms with Crippen LogP contribution in [0.4, 0.5) is 5.69 Å². The highest BCUT2D eigenvalue weighted by molar-refractivity contribution is 6.05. The number of ether oxygens (including phenoxy) is 1. The van der Waals surface area contributed by atoms with Crippen molar-refractivity contribution in [2.24, 2.45) is 0 Å². The van der Waals surface area contributed by atoms with E-state index in [0.717, 1.165) is 0 Å². The average molecular weight is 308 g/mol. The van der Waals surface area contributed by atoms with Gasteiger partial charge in [-0.05, 0) is 49.4 Å². The molecular weight excluding hydrogens is 294 g/mol. The minimum Gasteiger partial charge on any atom is -0.494 e. The lowest BCUT2D eigenvalue weighted by molar-refractivity contribution is 0.102. The number of carbonyl (C=O) groups is 1. The monoisotopic (exact) mass is 308 g/mol. The molecule has 0 aliphatic rings. The van der Waals surface area contributed by atoms with Crippen LogP contribution in [0.2, 0.25) is 0 Å². The normalized spacial score (nSPS) is 10.5. The number of rotatable bonds is 4. The molecule has 0 saturated carbocycles. The first-order valence-corrected chi connectivity index (χ1v) is 7.15. The van der Waals surface area contributed by atoms with Crippen molar-refractivity contribution < 1.29 is 13.9 Å². The van der Waals surface area contributed by atoms with Gasteiger partial charge in [-0.25, -0.2) is 0 Å². The molecule has 1 N–H and O–H groups in total. The summed E-state index contributed by atoms with van der Waals surface area (Å²) in [6, 6.07) is 13.0. The molecule has 0 spiro atoms. The van der Waals surface area contributed by atoms with Gasteiger partial charge < -0.3 is 14.5 Å². The van der Waals surface area contributed by atoms with Crippen molar-refractivity contribution in [3.63, 3.8) is 0 Å². The van der Waals surface area contributed by atoms with Crippen LogP contribution >= 0.6 is 0 Å². The van der Waals surface area contributed by atoms with E-state index >= 15 is 0 Å². The van der Waals surface area contributed by atoms with Crippen molar-refractivity contribution >= 4 is 22.6 Å². The van der Waals surface area contributed by atoms with Gasteiger partial charge in [-0.2, -0.15) is 0 Å². The molecule has 1 radical (unpaired) electrons. The summed E-state index contributed by atoms with van der Waals surface area (Å²) in [5.41, 5.74) is 1.25. The number of amides is 1. The van der Waals surface area contributed by atoms with E-state index in [0.29, 0.717) is 34.6 Å². The molecule has 1 heterocycles. The molecule has 0 unspecified atom stereocenters. The standard InChI is InChI=1S/C18H14NO4/c1-2-22-14-6-3-12(4-7-14)18(21)19-13-5-8-17-15(11-13)16(20)9-10-23-17/h3-9,11H,2H2,1H3,(H,19,21). The number of hydrogen-bond donors (Lipinski definition) is 1. The quantitative estimate of drug-likeness (QED) is 0.803. The van der Waals surface area contributed by atoms with Crippen molar-refractivity contribution in [3.05, 3.63) is 70.6 Å². The highest BCUT2D eigenvalue weighted by Gasteiger charge is 2.08. The van der Waals surface area contributed by atoms with Crippen molar-refractivity contribution in [2.75, 3.05) is 11.9 Å². The minimum absolute atomic E-state index is 0.205. The Kier molecular flexibility index (Phi) is 4.10. The van der Waals surface area contributed by atoms with Crippen LogP contribution in [0.5, 0.6) is 5.75 Å². The van der Waals surface area contributed by atoms with Crippen molar-refractivity contribution in [3.8, 4) is 5.75 Å². The fourth-order valence-electron chi connectivity index (χ4n) is 2.19. The van der Waals surface area contributed by atoms with E-state index in [2.05, 4.69) is 11.6 Å². The Bertz CT molecular complexity index is 897. The van der Waals surface area contributed by atoms with Crippen LogP contribution in [0, 0.1) is 6.26 Å². The number of anilines is 1. The molecule has 23 heavy (non-hydrogen) atoms. The van der Waals surface area contributed by atoms with Crippen molar-refractivity contribution in [1.82, 2.24) is 0 Å². The van der Waals surface area contributed by atoms with Gasteiger partial charge in [0, 0.05) is 17.3 Å². The van der Waals surface area contributed by atoms with Crippen LogP contribution in [-0.4, -0.2) is 12.5 Å². The topological polar surface area (TPSA) is 68.5 Å². The summed E-state index contributed by atoms with van der Waals surface area (Å²) in [7, 11) is 0. The van der Waals surface area contributed by atoms with Crippen molar-refractivity contribution in [2.45, 2.75) is 6.92 Å². The van der Waals surface area contributed by atoms with Gasteiger partial charge in [0.1, 0.15) is 11.3 Å². The molecule has 1 amide bonds. The largest absolute Gasteiger partial charge is 0.494 e. The summed E-state index contributed by atoms with van der Waals surface area (Å²) in [5.74, 6) is 0.447. The van der Waals surface area contributed by atoms with E-state index < -0.39 is 0 Å². The molecule has 0 atom stereocenters. The van der Waals surface area contributed by atoms with Crippen LogP contribution in [0.25, 0.3) is 11.0 Å². The Balaban J connectivity index is 1.82. The lowest BCUT2D eigenvalue weighted by atomic mass is 10.1. The molecule has 1 aromatic heterocycles. The molecule has 3 rings (SSSR count). The Labute approximate surface area is 132 Å². The number of carbonyl (C=O) groups excluding carboxylic acids is 1. The summed E-state index contributed by atoms with van der Waals surface area (Å²) < 4.78 is 10.5. The average Bonchev–Trinajstić information content (AvgIpc) is 2.56. The first-order valence-electron chi connectivity index (χ1n) is 7.15. The second-order valence-corrected chi connectivity index (χ2v) is 4.85. The Hall–Kier alpha value is -3.08. The molecule has 2 aromatic carbocycles. The summed E-state index contributed by atoms with van der Waals surface area (Å²) in [6.07, 6.45) is 2.42. The summed E-state index contributed by atoms with van der Waals surface area (Å²) in [4.78, 5) is 24.0. The van der Waals surface area contributed by atoms with E-state index in [1.165, 1.54) is 6.07 Å². The summed E-state index contributed by atoms with van der Waals surface area (Å²) in [5, 5.41) is 3.16. The SMILES string of the molecule is CCOc1ccc(C(=O)Nc2ccc3o[c]cc(=O)c3c2)cc1. The second-order valence-electron chi connectivity index (χ2n) is 4.85. The van der Waals surface area contributed by atoms with Crippen LogP contribution in [0.1, 0.15) is 17.3 Å². The zero-order chi connectivity index (χ0) is 16.2. The summed E-state index contributed by atoms with van der Waals surface area (Å²) in [6.45, 7) is 2.47. The lowest BCUT2D eigenvalue weighted by Gasteiger charge is -2.07. The maximum atomic E-state index is 12.2. The first kappa shape index (κ1) is 14.8. The van der Waals surface area contributed by atoms with Gasteiger partial charge in [0.05, 0.1) is 12.0 Å². The van der Waals surface area contributed by atoms with Gasteiger partial charge in [0.15, 0.2) is 11.7 Å². The third kappa shape index (κ3) is 3.23. The summed E-state index contributed by atoms with van der Waals surface area (Å²) >= 11 is 0. The highest BCUT2D eigenvalue weighted by Crippen LogP contribution is 2.18. The molecule has 3 aromatic rings. The smallest absolute Gasteiger partial charge is 0.255 e. The maximum absolute atomic E-state index is 12.2. The molecule has 5 heteroatoms. The highest BCUT2D eigenvalue weighted by atomic mass is 16.5. The van der Waals surface area contributed by atoms with E-state index in [4.69, 9.17) is 9.15 Å². The molecule has 0 bridgehead atoms.